The SMILES string of the molecule is CC(=O)[C@@H](C)C1CC=CCC1. The van der Waals surface area contributed by atoms with Gasteiger partial charge in [0.15, 0.2) is 0 Å². The summed E-state index contributed by atoms with van der Waals surface area (Å²) in [5, 5.41) is 0. The van der Waals surface area contributed by atoms with Crippen molar-refractivity contribution in [1.29, 1.82) is 0 Å². The van der Waals surface area contributed by atoms with E-state index in [2.05, 4.69) is 12.2 Å². The zero-order chi connectivity index (χ0) is 8.27. The Morgan fingerprint density at radius 2 is 2.27 bits per heavy atom. The van der Waals surface area contributed by atoms with Gasteiger partial charge in [0, 0.05) is 5.92 Å². The molecule has 0 bridgehead atoms. The van der Waals surface area contributed by atoms with Crippen molar-refractivity contribution >= 4 is 5.78 Å². The molecule has 1 aliphatic rings. The topological polar surface area (TPSA) is 17.1 Å². The van der Waals surface area contributed by atoms with Crippen LogP contribution in [0, 0.1) is 11.8 Å². The minimum Gasteiger partial charge on any atom is -0.300 e. The third-order valence-corrected chi connectivity index (χ3v) is 2.66. The molecular weight excluding hydrogens is 136 g/mol. The third kappa shape index (κ3) is 2.18. The zero-order valence-corrected chi connectivity index (χ0v) is 7.34. The molecule has 62 valence electrons. The molecule has 0 amide bonds. The van der Waals surface area contributed by atoms with Crippen molar-refractivity contribution in [3.63, 3.8) is 0 Å². The summed E-state index contributed by atoms with van der Waals surface area (Å²) in [5.74, 6) is 1.21. The number of Topliss-reactive ketones (excluding diaryl/α,β-unsaturated/α-hetero) is 1. The second-order valence-corrected chi connectivity index (χ2v) is 3.44. The smallest absolute Gasteiger partial charge is 0.132 e. The van der Waals surface area contributed by atoms with Crippen molar-refractivity contribution < 1.29 is 4.79 Å². The van der Waals surface area contributed by atoms with Crippen LogP contribution in [-0.2, 0) is 4.79 Å². The van der Waals surface area contributed by atoms with Gasteiger partial charge in [0.05, 0.1) is 0 Å². The van der Waals surface area contributed by atoms with E-state index in [0.29, 0.717) is 11.7 Å². The maximum Gasteiger partial charge on any atom is 0.132 e. The standard InChI is InChI=1S/C10H16O/c1-8(9(2)11)10-6-4-3-5-7-10/h3-4,8,10H,5-7H2,1-2H3/t8-,10?/m1/s1. The highest BCUT2D eigenvalue weighted by Crippen LogP contribution is 2.26. The van der Waals surface area contributed by atoms with Crippen LogP contribution in [0.15, 0.2) is 12.2 Å². The summed E-state index contributed by atoms with van der Waals surface area (Å²) in [6.07, 6.45) is 7.86. The van der Waals surface area contributed by atoms with E-state index in [0.717, 1.165) is 12.8 Å². The highest BCUT2D eigenvalue weighted by molar-refractivity contribution is 5.78. The van der Waals surface area contributed by atoms with E-state index >= 15 is 0 Å². The average Bonchev–Trinajstić information content (AvgIpc) is 2.05. The van der Waals surface area contributed by atoms with Gasteiger partial charge in [-0.2, -0.15) is 0 Å². The Morgan fingerprint density at radius 3 is 2.73 bits per heavy atom. The largest absolute Gasteiger partial charge is 0.300 e. The van der Waals surface area contributed by atoms with E-state index in [1.54, 1.807) is 6.92 Å². The molecule has 0 saturated heterocycles. The van der Waals surface area contributed by atoms with E-state index in [4.69, 9.17) is 0 Å². The summed E-state index contributed by atoms with van der Waals surface area (Å²) in [4.78, 5) is 11.0. The van der Waals surface area contributed by atoms with Gasteiger partial charge in [-0.25, -0.2) is 0 Å². The molecule has 0 aliphatic heterocycles. The molecule has 2 atom stereocenters. The maximum absolute atomic E-state index is 11.0. The number of hydrogen-bond acceptors (Lipinski definition) is 1. The number of hydrogen-bond donors (Lipinski definition) is 0. The van der Waals surface area contributed by atoms with Crippen LogP contribution >= 0.6 is 0 Å². The first kappa shape index (κ1) is 8.51. The molecule has 11 heavy (non-hydrogen) atoms. The van der Waals surface area contributed by atoms with Gasteiger partial charge in [0.2, 0.25) is 0 Å². The van der Waals surface area contributed by atoms with Crippen molar-refractivity contribution in [2.45, 2.75) is 33.1 Å². The van der Waals surface area contributed by atoms with Crippen molar-refractivity contribution in [2.24, 2.45) is 11.8 Å². The fourth-order valence-electron chi connectivity index (χ4n) is 1.60. The molecule has 0 radical (unpaired) electrons. The van der Waals surface area contributed by atoms with Gasteiger partial charge in [-0.1, -0.05) is 19.1 Å². The van der Waals surface area contributed by atoms with E-state index in [-0.39, 0.29) is 5.92 Å². The quantitative estimate of drug-likeness (QED) is 0.556. The van der Waals surface area contributed by atoms with Crippen LogP contribution in [0.2, 0.25) is 0 Å². The summed E-state index contributed by atoms with van der Waals surface area (Å²) < 4.78 is 0. The molecule has 0 heterocycles. The zero-order valence-electron chi connectivity index (χ0n) is 7.34. The molecule has 1 rings (SSSR count). The van der Waals surface area contributed by atoms with Crippen molar-refractivity contribution in [2.75, 3.05) is 0 Å². The van der Waals surface area contributed by atoms with E-state index < -0.39 is 0 Å². The Bertz CT molecular complexity index is 170. The monoisotopic (exact) mass is 152 g/mol. The first-order valence-corrected chi connectivity index (χ1v) is 4.37. The predicted octanol–water partition coefficient (Wildman–Crippen LogP) is 2.57. The van der Waals surface area contributed by atoms with Crippen LogP contribution in [0.1, 0.15) is 33.1 Å². The summed E-state index contributed by atoms with van der Waals surface area (Å²) in [6.45, 7) is 3.75. The van der Waals surface area contributed by atoms with Crippen LogP contribution in [0.5, 0.6) is 0 Å². The van der Waals surface area contributed by atoms with Gasteiger partial charge in [0.25, 0.3) is 0 Å². The molecule has 1 unspecified atom stereocenters. The lowest BCUT2D eigenvalue weighted by Crippen LogP contribution is -2.19. The molecule has 0 N–H and O–H groups in total. The maximum atomic E-state index is 11.0. The van der Waals surface area contributed by atoms with Crippen LogP contribution < -0.4 is 0 Å². The predicted molar refractivity (Wildman–Crippen MR) is 46.3 cm³/mol. The molecule has 0 fully saturated rings. The first-order chi connectivity index (χ1) is 5.22. The molecular formula is C10H16O. The molecule has 1 nitrogen and oxygen atoms in total. The summed E-state index contributed by atoms with van der Waals surface area (Å²) >= 11 is 0. The Kier molecular flexibility index (Phi) is 2.86. The minimum atomic E-state index is 0.264. The Labute approximate surface area is 68.5 Å². The normalized spacial score (nSPS) is 26.5. The van der Waals surface area contributed by atoms with Gasteiger partial charge in [-0.15, -0.1) is 0 Å². The van der Waals surface area contributed by atoms with E-state index in [1.807, 2.05) is 6.92 Å². The number of allylic oxidation sites excluding steroid dienone is 2. The highest BCUT2D eigenvalue weighted by Gasteiger charge is 2.20. The number of rotatable bonds is 2. The molecule has 0 aromatic rings. The van der Waals surface area contributed by atoms with Crippen molar-refractivity contribution in [3.05, 3.63) is 12.2 Å². The second kappa shape index (κ2) is 3.70. The van der Waals surface area contributed by atoms with Gasteiger partial charge >= 0.3 is 0 Å². The number of carbonyl (C=O) groups is 1. The lowest BCUT2D eigenvalue weighted by Gasteiger charge is -2.22. The molecule has 0 saturated carbocycles. The molecule has 1 heteroatoms. The fraction of sp³-hybridized carbons (Fsp3) is 0.700. The highest BCUT2D eigenvalue weighted by atomic mass is 16.1. The molecule has 0 spiro atoms. The third-order valence-electron chi connectivity index (χ3n) is 2.66. The van der Waals surface area contributed by atoms with Gasteiger partial charge in [0.1, 0.15) is 5.78 Å². The fourth-order valence-corrected chi connectivity index (χ4v) is 1.60. The Morgan fingerprint density at radius 1 is 1.55 bits per heavy atom. The Balaban J connectivity index is 2.46. The summed E-state index contributed by atoms with van der Waals surface area (Å²) in [5.41, 5.74) is 0. The number of carbonyl (C=O) groups excluding carboxylic acids is 1. The second-order valence-electron chi connectivity index (χ2n) is 3.44. The van der Waals surface area contributed by atoms with Gasteiger partial charge in [-0.05, 0) is 32.1 Å². The Hall–Kier alpha value is -0.590. The lowest BCUT2D eigenvalue weighted by molar-refractivity contribution is -0.121. The van der Waals surface area contributed by atoms with Gasteiger partial charge < -0.3 is 0 Å². The first-order valence-electron chi connectivity index (χ1n) is 4.37. The molecule has 0 aromatic heterocycles. The van der Waals surface area contributed by atoms with E-state index in [1.165, 1.54) is 6.42 Å². The molecule has 1 aliphatic carbocycles. The van der Waals surface area contributed by atoms with Crippen LogP contribution in [0.25, 0.3) is 0 Å². The minimum absolute atomic E-state index is 0.264. The lowest BCUT2D eigenvalue weighted by atomic mass is 9.82. The van der Waals surface area contributed by atoms with Crippen molar-refractivity contribution in [3.8, 4) is 0 Å². The van der Waals surface area contributed by atoms with Crippen LogP contribution in [0.3, 0.4) is 0 Å². The average molecular weight is 152 g/mol. The van der Waals surface area contributed by atoms with Crippen LogP contribution in [-0.4, -0.2) is 5.78 Å². The van der Waals surface area contributed by atoms with Crippen LogP contribution in [0.4, 0.5) is 0 Å². The molecule has 0 aromatic carbocycles. The van der Waals surface area contributed by atoms with Gasteiger partial charge in [-0.3, -0.25) is 4.79 Å². The van der Waals surface area contributed by atoms with Crippen molar-refractivity contribution in [1.82, 2.24) is 0 Å². The number of ketones is 1. The summed E-state index contributed by atoms with van der Waals surface area (Å²) in [6, 6.07) is 0. The van der Waals surface area contributed by atoms with E-state index in [9.17, 15) is 4.79 Å². The summed E-state index contributed by atoms with van der Waals surface area (Å²) in [7, 11) is 0.